The van der Waals surface area contributed by atoms with Crippen LogP contribution in [-0.4, -0.2) is 15.9 Å². The average Bonchev–Trinajstić information content (AvgIpc) is 2.78. The molecule has 1 aromatic heterocycles. The molecule has 183 valence electrons. The van der Waals surface area contributed by atoms with Crippen molar-refractivity contribution < 1.29 is 30.0 Å². The molecule has 0 saturated heterocycles. The summed E-state index contributed by atoms with van der Waals surface area (Å²) in [6.07, 6.45) is 5.30. The van der Waals surface area contributed by atoms with Gasteiger partial charge in [-0.3, -0.25) is 4.79 Å². The summed E-state index contributed by atoms with van der Waals surface area (Å²) in [6.45, 7) is 12.5. The summed E-state index contributed by atoms with van der Waals surface area (Å²) < 4.78 is 0. The number of nitrogens with zero attached hydrogens (tertiary/aromatic N) is 1. The zero-order chi connectivity index (χ0) is 24.1. The number of pyridine rings is 1. The molecule has 1 N–H and O–H groups in total. The minimum atomic E-state index is 0. The van der Waals surface area contributed by atoms with Crippen molar-refractivity contribution in [3.63, 3.8) is 0 Å². The van der Waals surface area contributed by atoms with E-state index < -0.39 is 0 Å². The fraction of sp³-hybridized carbons (Fsp3) is 0.400. The van der Waals surface area contributed by atoms with Crippen LogP contribution in [0.25, 0.3) is 22.0 Å². The van der Waals surface area contributed by atoms with Crippen molar-refractivity contribution in [2.24, 2.45) is 5.92 Å². The van der Waals surface area contributed by atoms with E-state index in [4.69, 9.17) is 0 Å². The molecule has 0 unspecified atom stereocenters. The van der Waals surface area contributed by atoms with Gasteiger partial charge in [0.2, 0.25) is 0 Å². The number of hydrogen-bond acceptors (Lipinski definition) is 3. The first-order valence-corrected chi connectivity index (χ1v) is 12.0. The number of carbonyl (C=O) groups is 1. The molecule has 4 heteroatoms. The van der Waals surface area contributed by atoms with Crippen LogP contribution in [0.3, 0.4) is 0 Å². The molecule has 1 aliphatic rings. The molecule has 3 nitrogen and oxygen atoms in total. The Morgan fingerprint density at radius 3 is 2.32 bits per heavy atom. The van der Waals surface area contributed by atoms with Crippen LogP contribution in [0, 0.1) is 25.8 Å². The van der Waals surface area contributed by atoms with Gasteiger partial charge in [0.05, 0.1) is 0 Å². The van der Waals surface area contributed by atoms with Gasteiger partial charge in [0.15, 0.2) is 5.78 Å². The zero-order valence-electron chi connectivity index (χ0n) is 21.2. The number of hydrogen-bond donors (Lipinski definition) is 1. The largest absolute Gasteiger partial charge is 0.512 e. The molecule has 3 aromatic rings. The number of carbonyl (C=O) groups excluding carboxylic acids is 1. The van der Waals surface area contributed by atoms with Gasteiger partial charge in [0, 0.05) is 44.2 Å². The maximum atomic E-state index is 11.3. The van der Waals surface area contributed by atoms with Crippen LogP contribution < -0.4 is 0 Å². The molecule has 2 aromatic carbocycles. The molecule has 1 saturated carbocycles. The summed E-state index contributed by atoms with van der Waals surface area (Å²) in [5.41, 5.74) is 6.55. The third-order valence-electron chi connectivity index (χ3n) is 6.13. The molecule has 1 radical (unpaired) electrons. The summed E-state index contributed by atoms with van der Waals surface area (Å²) in [7, 11) is 0. The molecular weight excluding hydrogens is 599 g/mol. The molecule has 0 atom stereocenters. The quantitative estimate of drug-likeness (QED) is 0.180. The van der Waals surface area contributed by atoms with Crippen molar-refractivity contribution in [3.8, 4) is 11.3 Å². The molecule has 0 amide bonds. The Bertz CT molecular complexity index is 1160. The van der Waals surface area contributed by atoms with E-state index in [1.807, 2.05) is 20.0 Å². The van der Waals surface area contributed by atoms with Gasteiger partial charge in [-0.2, -0.15) is 0 Å². The number of aryl methyl sites for hydroxylation is 2. The van der Waals surface area contributed by atoms with Gasteiger partial charge in [0.25, 0.3) is 0 Å². The Labute approximate surface area is 218 Å². The first kappa shape index (κ1) is 28.0. The second-order valence-electron chi connectivity index (χ2n) is 9.70. The van der Waals surface area contributed by atoms with E-state index in [9.17, 15) is 9.90 Å². The number of rotatable bonds is 3. The second kappa shape index (κ2) is 12.4. The van der Waals surface area contributed by atoms with Gasteiger partial charge in [0.1, 0.15) is 5.76 Å². The molecule has 1 heterocycles. The summed E-state index contributed by atoms with van der Waals surface area (Å²) >= 11 is 0. The van der Waals surface area contributed by atoms with Gasteiger partial charge < -0.3 is 10.1 Å². The predicted octanol–water partition coefficient (Wildman–Crippen LogP) is 8.04. The minimum Gasteiger partial charge on any atom is -0.512 e. The monoisotopic (exact) mass is 635 g/mol. The minimum absolute atomic E-state index is 0. The number of allylic oxidation sites excluding steroid dienone is 2. The van der Waals surface area contributed by atoms with E-state index in [1.165, 1.54) is 21.9 Å². The van der Waals surface area contributed by atoms with Crippen LogP contribution in [0.15, 0.2) is 53.9 Å². The van der Waals surface area contributed by atoms with E-state index in [0.717, 1.165) is 36.1 Å². The maximum Gasteiger partial charge on any atom is 0.162 e. The predicted molar refractivity (Wildman–Crippen MR) is 138 cm³/mol. The molecular formula is C30H36IrNO2-. The Hall–Kier alpha value is -2.29. The molecule has 1 aliphatic carbocycles. The fourth-order valence-electron chi connectivity index (χ4n) is 4.29. The van der Waals surface area contributed by atoms with Crippen LogP contribution in [0.4, 0.5) is 0 Å². The standard InChI is InChI=1S/C20H20N.C10H16O2.Ir/c1-13(2)16-5-6-19-17(12-16)7-8-21-20(19)18-10-14(3)9-15(4)11-18;1-7(2)10(12)8-5-3-4-6-9(8)11;/h5-10,12-13H,1-4H3;7,12H,3-6H2,1-2H3;/q-1;;/b;10-8-;. The van der Waals surface area contributed by atoms with Crippen LogP contribution in [0.5, 0.6) is 0 Å². The number of benzene rings is 2. The molecule has 1 fully saturated rings. The van der Waals surface area contributed by atoms with Gasteiger partial charge in [-0.05, 0) is 53.3 Å². The zero-order valence-corrected chi connectivity index (χ0v) is 23.6. The Morgan fingerprint density at radius 2 is 1.71 bits per heavy atom. The molecule has 0 bridgehead atoms. The van der Waals surface area contributed by atoms with Gasteiger partial charge in [-0.1, -0.05) is 59.7 Å². The topological polar surface area (TPSA) is 50.2 Å². The van der Waals surface area contributed by atoms with Crippen molar-refractivity contribution in [1.82, 2.24) is 4.98 Å². The number of aliphatic hydroxyl groups is 1. The fourth-order valence-corrected chi connectivity index (χ4v) is 4.29. The van der Waals surface area contributed by atoms with Crippen molar-refractivity contribution in [1.29, 1.82) is 0 Å². The van der Waals surface area contributed by atoms with Crippen molar-refractivity contribution in [2.45, 2.75) is 73.1 Å². The first-order chi connectivity index (χ1) is 15.7. The smallest absolute Gasteiger partial charge is 0.162 e. The number of aromatic nitrogens is 1. The van der Waals surface area contributed by atoms with Gasteiger partial charge in [-0.15, -0.1) is 34.9 Å². The van der Waals surface area contributed by atoms with Gasteiger partial charge in [-0.25, -0.2) is 0 Å². The third-order valence-corrected chi connectivity index (χ3v) is 6.13. The molecule has 0 spiro atoms. The maximum absolute atomic E-state index is 11.3. The van der Waals surface area contributed by atoms with Crippen molar-refractivity contribution in [3.05, 3.63) is 76.7 Å². The van der Waals surface area contributed by atoms with Crippen LogP contribution in [-0.2, 0) is 24.9 Å². The SMILES string of the molecule is CC(C)/C(O)=C1\CCCCC1=O.Cc1[c-]c(-c2nccc3cc(C(C)C)ccc23)cc(C)c1.[Ir]. The second-order valence-corrected chi connectivity index (χ2v) is 9.70. The van der Waals surface area contributed by atoms with E-state index >= 15 is 0 Å². The third kappa shape index (κ3) is 6.87. The van der Waals surface area contributed by atoms with E-state index in [0.29, 0.717) is 23.7 Å². The van der Waals surface area contributed by atoms with Gasteiger partial charge >= 0.3 is 0 Å². The normalized spacial score (nSPS) is 15.1. The van der Waals surface area contributed by atoms with Crippen molar-refractivity contribution in [2.75, 3.05) is 0 Å². The van der Waals surface area contributed by atoms with E-state index in [2.05, 4.69) is 75.1 Å². The Balaban J connectivity index is 0.000000270. The number of ketones is 1. The number of fused-ring (bicyclic) bond motifs is 1. The average molecular weight is 635 g/mol. The van der Waals surface area contributed by atoms with E-state index in [1.54, 1.807) is 0 Å². The molecule has 0 aliphatic heterocycles. The van der Waals surface area contributed by atoms with E-state index in [-0.39, 0.29) is 31.8 Å². The Morgan fingerprint density at radius 1 is 1.00 bits per heavy atom. The molecule has 4 rings (SSSR count). The molecule has 34 heavy (non-hydrogen) atoms. The van der Waals surface area contributed by atoms with Crippen LogP contribution >= 0.6 is 0 Å². The van der Waals surface area contributed by atoms with Crippen LogP contribution in [0.1, 0.15) is 76.0 Å². The summed E-state index contributed by atoms with van der Waals surface area (Å²) in [6, 6.07) is 16.5. The summed E-state index contributed by atoms with van der Waals surface area (Å²) in [5.74, 6) is 1.08. The first-order valence-electron chi connectivity index (χ1n) is 12.0. The number of aliphatic hydroxyl groups excluding tert-OH is 1. The Kier molecular flexibility index (Phi) is 10.2. The summed E-state index contributed by atoms with van der Waals surface area (Å²) in [5, 5.41) is 12.0. The number of Topliss-reactive ketones (excluding diaryl/α,β-unsaturated/α-hetero) is 1. The van der Waals surface area contributed by atoms with Crippen molar-refractivity contribution >= 4 is 16.6 Å². The summed E-state index contributed by atoms with van der Waals surface area (Å²) in [4.78, 5) is 15.9. The van der Waals surface area contributed by atoms with Crippen LogP contribution in [0.2, 0.25) is 0 Å².